The third-order valence-corrected chi connectivity index (χ3v) is 6.62. The van der Waals surface area contributed by atoms with Crippen molar-refractivity contribution in [2.75, 3.05) is 0 Å². The molecular formula is C26H32KNO2. The van der Waals surface area contributed by atoms with Crippen LogP contribution in [-0.4, -0.2) is 5.91 Å². The van der Waals surface area contributed by atoms with Gasteiger partial charge < -0.3 is 14.8 Å². The average molecular weight is 430 g/mol. The maximum absolute atomic E-state index is 12.7. The molecule has 4 heteroatoms. The smallest absolute Gasteiger partial charge is 0.627 e. The molecule has 0 saturated heterocycles. The van der Waals surface area contributed by atoms with Crippen LogP contribution in [0, 0.1) is 23.2 Å². The van der Waals surface area contributed by atoms with Crippen molar-refractivity contribution in [1.29, 1.82) is 0 Å². The standard InChI is InChI=1S/C26H33NO2.K/c1-19-12-21-14-22(13-19)16-26(2,15-21)17-25(28)27-23-8-10-24(11-9-23)29-18-20-6-4-3-5-7-20;/h3-11,19,21-22H,12-18H2,1-2H3,(H,27,28);/q;+1/p-1. The average Bonchev–Trinajstić information content (AvgIpc) is 2.66. The molecule has 0 aliphatic heterocycles. The van der Waals surface area contributed by atoms with Crippen LogP contribution in [0.15, 0.2) is 54.6 Å². The van der Waals surface area contributed by atoms with Crippen LogP contribution in [0.1, 0.15) is 57.9 Å². The van der Waals surface area contributed by atoms with Crippen LogP contribution < -0.4 is 56.1 Å². The molecule has 1 amide bonds. The van der Waals surface area contributed by atoms with Crippen molar-refractivity contribution in [1.82, 2.24) is 0 Å². The van der Waals surface area contributed by atoms with Gasteiger partial charge in [0.15, 0.2) is 0 Å². The van der Waals surface area contributed by atoms with Gasteiger partial charge in [-0.1, -0.05) is 56.3 Å². The molecule has 2 aliphatic carbocycles. The summed E-state index contributed by atoms with van der Waals surface area (Å²) in [6, 6.07) is 17.6. The Balaban J connectivity index is 0.00000256. The van der Waals surface area contributed by atoms with Gasteiger partial charge in [-0.3, -0.25) is 0 Å². The zero-order valence-corrected chi connectivity index (χ0v) is 21.8. The van der Waals surface area contributed by atoms with Gasteiger partial charge in [0.1, 0.15) is 12.4 Å². The van der Waals surface area contributed by atoms with Crippen molar-refractivity contribution >= 4 is 11.6 Å². The minimum absolute atomic E-state index is 0. The SMILES string of the molecule is CC1CC2CC(C1)CC(C)(CC(=O)[N-]c1ccc(OCc3ccccc3)cc1)C2.[K+]. The number of ether oxygens (including phenoxy) is 1. The predicted octanol–water partition coefficient (Wildman–Crippen LogP) is 4.04. The predicted molar refractivity (Wildman–Crippen MR) is 117 cm³/mol. The molecule has 30 heavy (non-hydrogen) atoms. The van der Waals surface area contributed by atoms with Crippen molar-refractivity contribution in [3.05, 3.63) is 65.5 Å². The summed E-state index contributed by atoms with van der Waals surface area (Å²) in [6.07, 6.45) is 6.98. The minimum atomic E-state index is 0. The van der Waals surface area contributed by atoms with Crippen LogP contribution >= 0.6 is 0 Å². The van der Waals surface area contributed by atoms with E-state index in [9.17, 15) is 4.79 Å². The molecule has 2 aromatic carbocycles. The van der Waals surface area contributed by atoms with Gasteiger partial charge in [0.2, 0.25) is 0 Å². The van der Waals surface area contributed by atoms with Crippen molar-refractivity contribution in [2.45, 2.75) is 59.0 Å². The summed E-state index contributed by atoms with van der Waals surface area (Å²) in [5.41, 5.74) is 1.97. The van der Waals surface area contributed by atoms with E-state index in [1.807, 2.05) is 54.6 Å². The Labute approximate surface area is 223 Å². The summed E-state index contributed by atoms with van der Waals surface area (Å²) in [5, 5.41) is 4.37. The Morgan fingerprint density at radius 3 is 2.27 bits per heavy atom. The molecule has 2 aliphatic rings. The van der Waals surface area contributed by atoms with Crippen LogP contribution in [0.25, 0.3) is 5.32 Å². The van der Waals surface area contributed by atoms with Gasteiger partial charge in [-0.2, -0.15) is 0 Å². The zero-order valence-electron chi connectivity index (χ0n) is 18.6. The molecule has 0 heterocycles. The maximum Gasteiger partial charge on any atom is 1.00 e. The first-order valence-corrected chi connectivity index (χ1v) is 11.0. The Bertz CT molecular complexity index is 803. The zero-order chi connectivity index (χ0) is 20.3. The molecule has 2 saturated carbocycles. The van der Waals surface area contributed by atoms with E-state index in [0.717, 1.165) is 34.8 Å². The number of benzene rings is 2. The fourth-order valence-corrected chi connectivity index (χ4v) is 5.76. The molecule has 154 valence electrons. The molecule has 2 unspecified atom stereocenters. The van der Waals surface area contributed by atoms with E-state index in [0.29, 0.717) is 13.0 Å². The first-order chi connectivity index (χ1) is 14.0. The fourth-order valence-electron chi connectivity index (χ4n) is 5.76. The second-order valence-corrected chi connectivity index (χ2v) is 9.71. The summed E-state index contributed by atoms with van der Waals surface area (Å²) in [5.74, 6) is 3.26. The van der Waals surface area contributed by atoms with Gasteiger partial charge in [-0.15, -0.1) is 5.69 Å². The second-order valence-electron chi connectivity index (χ2n) is 9.71. The molecule has 4 rings (SSSR count). The van der Waals surface area contributed by atoms with Crippen LogP contribution in [0.2, 0.25) is 0 Å². The number of amides is 1. The molecule has 2 aromatic rings. The van der Waals surface area contributed by atoms with Crippen molar-refractivity contribution in [3.63, 3.8) is 0 Å². The van der Waals surface area contributed by atoms with E-state index < -0.39 is 0 Å². The summed E-state index contributed by atoms with van der Waals surface area (Å²) < 4.78 is 5.81. The number of hydrogen-bond acceptors (Lipinski definition) is 2. The van der Waals surface area contributed by atoms with Crippen molar-refractivity contribution in [2.24, 2.45) is 23.2 Å². The summed E-state index contributed by atoms with van der Waals surface area (Å²) >= 11 is 0. The van der Waals surface area contributed by atoms with E-state index >= 15 is 0 Å². The molecule has 2 fully saturated rings. The van der Waals surface area contributed by atoms with E-state index in [1.54, 1.807) is 0 Å². The number of hydrogen-bond donors (Lipinski definition) is 0. The summed E-state index contributed by atoms with van der Waals surface area (Å²) in [7, 11) is 0. The minimum Gasteiger partial charge on any atom is -0.627 e. The summed E-state index contributed by atoms with van der Waals surface area (Å²) in [4.78, 5) is 12.7. The normalized spacial score (nSPS) is 27.6. The first-order valence-electron chi connectivity index (χ1n) is 11.0. The van der Waals surface area contributed by atoms with Gasteiger partial charge in [-0.05, 0) is 79.4 Å². The van der Waals surface area contributed by atoms with Crippen molar-refractivity contribution in [3.8, 4) is 5.75 Å². The van der Waals surface area contributed by atoms with Crippen molar-refractivity contribution < 1.29 is 60.9 Å². The molecule has 2 atom stereocenters. The Morgan fingerprint density at radius 1 is 1.00 bits per heavy atom. The second kappa shape index (κ2) is 10.8. The summed E-state index contributed by atoms with van der Waals surface area (Å²) in [6.45, 7) is 5.22. The third-order valence-electron chi connectivity index (χ3n) is 6.62. The van der Waals surface area contributed by atoms with Crippen LogP contribution in [-0.2, 0) is 11.4 Å². The Kier molecular flexibility index (Phi) is 8.62. The quantitative estimate of drug-likeness (QED) is 0.650. The first kappa shape index (κ1) is 24.0. The topological polar surface area (TPSA) is 40.4 Å². The number of nitrogens with zero attached hydrogens (tertiary/aromatic N) is 1. The molecule has 0 N–H and O–H groups in total. The Hall–Kier alpha value is -0.654. The van der Waals surface area contributed by atoms with E-state index in [-0.39, 0.29) is 62.7 Å². The van der Waals surface area contributed by atoms with Gasteiger partial charge in [0, 0.05) is 0 Å². The molecule has 0 spiro atoms. The van der Waals surface area contributed by atoms with E-state index in [2.05, 4.69) is 19.2 Å². The Morgan fingerprint density at radius 2 is 1.63 bits per heavy atom. The van der Waals surface area contributed by atoms with Crippen LogP contribution in [0.5, 0.6) is 5.75 Å². The number of rotatable bonds is 6. The monoisotopic (exact) mass is 429 g/mol. The molecule has 3 nitrogen and oxygen atoms in total. The van der Waals surface area contributed by atoms with E-state index in [1.165, 1.54) is 32.1 Å². The fraction of sp³-hybridized carbons (Fsp3) is 0.500. The van der Waals surface area contributed by atoms with Gasteiger partial charge in [-0.25, -0.2) is 0 Å². The van der Waals surface area contributed by atoms with Gasteiger partial charge in [0.05, 0.1) is 5.91 Å². The number of carbonyl (C=O) groups excluding carboxylic acids is 1. The maximum atomic E-state index is 12.7. The number of carbonyl (C=O) groups is 1. The number of fused-ring (bicyclic) bond motifs is 2. The van der Waals surface area contributed by atoms with Gasteiger partial charge in [0.25, 0.3) is 0 Å². The molecule has 2 bridgehead atoms. The van der Waals surface area contributed by atoms with Crippen LogP contribution in [0.3, 0.4) is 0 Å². The molecular weight excluding hydrogens is 397 g/mol. The van der Waals surface area contributed by atoms with Gasteiger partial charge >= 0.3 is 51.4 Å². The van der Waals surface area contributed by atoms with Crippen LogP contribution in [0.4, 0.5) is 5.69 Å². The van der Waals surface area contributed by atoms with E-state index in [4.69, 9.17) is 4.74 Å². The third kappa shape index (κ3) is 6.67. The molecule has 0 aromatic heterocycles. The largest absolute Gasteiger partial charge is 1.00 e. The molecule has 0 radical (unpaired) electrons.